The van der Waals surface area contributed by atoms with Crippen molar-refractivity contribution in [3.8, 4) is 0 Å². The van der Waals surface area contributed by atoms with Gasteiger partial charge in [-0.05, 0) is 50.3 Å². The highest BCUT2D eigenvalue weighted by Gasteiger charge is 2.31. The van der Waals surface area contributed by atoms with Crippen LogP contribution in [0.2, 0.25) is 0 Å². The Morgan fingerprint density at radius 2 is 2.03 bits per heavy atom. The number of aromatic nitrogens is 2. The summed E-state index contributed by atoms with van der Waals surface area (Å²) in [4.78, 5) is 43.4. The van der Waals surface area contributed by atoms with E-state index in [0.717, 1.165) is 19.3 Å². The van der Waals surface area contributed by atoms with Gasteiger partial charge in [0.1, 0.15) is 0 Å². The fourth-order valence-corrected chi connectivity index (χ4v) is 4.57. The van der Waals surface area contributed by atoms with E-state index in [0.29, 0.717) is 29.9 Å². The van der Waals surface area contributed by atoms with Crippen LogP contribution in [0.15, 0.2) is 24.5 Å². The second-order valence-corrected chi connectivity index (χ2v) is 7.94. The van der Waals surface area contributed by atoms with E-state index in [4.69, 9.17) is 0 Å². The summed E-state index contributed by atoms with van der Waals surface area (Å²) in [6.07, 6.45) is 7.34. The Hall–Kier alpha value is -3.16. The summed E-state index contributed by atoms with van der Waals surface area (Å²) in [5.41, 5.74) is 3.75. The molecule has 8 nitrogen and oxygen atoms in total. The molecule has 2 aliphatic heterocycles. The third-order valence-electron chi connectivity index (χ3n) is 6.10. The first-order chi connectivity index (χ1) is 14.1. The monoisotopic (exact) mass is 393 g/mol. The van der Waals surface area contributed by atoms with Gasteiger partial charge in [0.25, 0.3) is 11.8 Å². The summed E-state index contributed by atoms with van der Waals surface area (Å²) < 4.78 is 2.27. The molecule has 0 saturated carbocycles. The number of nitrogens with zero attached hydrogens (tertiary/aromatic N) is 3. The van der Waals surface area contributed by atoms with E-state index in [1.54, 1.807) is 18.2 Å². The minimum absolute atomic E-state index is 0.0696. The molecule has 1 fully saturated rings. The number of nitrogens with one attached hydrogen (secondary N) is 2. The summed E-state index contributed by atoms with van der Waals surface area (Å²) >= 11 is 0. The van der Waals surface area contributed by atoms with Gasteiger partial charge in [-0.25, -0.2) is 4.98 Å². The Kier molecular flexibility index (Phi) is 4.34. The Bertz CT molecular complexity index is 1010. The second kappa shape index (κ2) is 7.02. The van der Waals surface area contributed by atoms with Gasteiger partial charge < -0.3 is 20.1 Å². The largest absolute Gasteiger partial charge is 0.343 e. The lowest BCUT2D eigenvalue weighted by Crippen LogP contribution is -2.30. The molecule has 2 N–H and O–H groups in total. The van der Waals surface area contributed by atoms with Crippen LogP contribution in [0.1, 0.15) is 57.4 Å². The molecule has 3 heterocycles. The first-order valence-corrected chi connectivity index (χ1v) is 10.2. The number of carbonyl (C=O) groups is 3. The SMILES string of the molecule is O=C1CNC(=O)c2cc(C(=O)N3CCC(n4cnc5c4CCCC5)C3)ccc2N1. The van der Waals surface area contributed by atoms with Gasteiger partial charge in [0.2, 0.25) is 5.91 Å². The van der Waals surface area contributed by atoms with Gasteiger partial charge >= 0.3 is 0 Å². The average Bonchev–Trinajstić information content (AvgIpc) is 3.35. The van der Waals surface area contributed by atoms with Crippen LogP contribution in [0.4, 0.5) is 5.69 Å². The fourth-order valence-electron chi connectivity index (χ4n) is 4.57. The average molecular weight is 393 g/mol. The van der Waals surface area contributed by atoms with Crippen molar-refractivity contribution >= 4 is 23.4 Å². The van der Waals surface area contributed by atoms with Gasteiger partial charge in [0, 0.05) is 24.3 Å². The molecule has 5 rings (SSSR count). The van der Waals surface area contributed by atoms with E-state index in [1.165, 1.54) is 24.2 Å². The molecule has 0 spiro atoms. The number of hydrogen-bond donors (Lipinski definition) is 2. The third-order valence-corrected chi connectivity index (χ3v) is 6.10. The number of rotatable bonds is 2. The molecule has 0 bridgehead atoms. The van der Waals surface area contributed by atoms with Crippen molar-refractivity contribution < 1.29 is 14.4 Å². The van der Waals surface area contributed by atoms with Crippen molar-refractivity contribution in [3.05, 3.63) is 47.0 Å². The molecule has 1 aromatic heterocycles. The molecule has 1 atom stereocenters. The summed E-state index contributed by atoms with van der Waals surface area (Å²) in [7, 11) is 0. The van der Waals surface area contributed by atoms with Gasteiger partial charge in [-0.2, -0.15) is 0 Å². The number of hydrogen-bond acceptors (Lipinski definition) is 4. The maximum Gasteiger partial charge on any atom is 0.253 e. The van der Waals surface area contributed by atoms with Gasteiger partial charge in [0.15, 0.2) is 0 Å². The molecule has 0 radical (unpaired) electrons. The van der Waals surface area contributed by atoms with Crippen molar-refractivity contribution in [2.45, 2.75) is 38.1 Å². The molecule has 3 amide bonds. The maximum absolute atomic E-state index is 13.1. The summed E-state index contributed by atoms with van der Waals surface area (Å²) in [5, 5.41) is 5.24. The highest BCUT2D eigenvalue weighted by Crippen LogP contribution is 2.29. The van der Waals surface area contributed by atoms with Gasteiger partial charge in [-0.3, -0.25) is 14.4 Å². The number of benzene rings is 1. The van der Waals surface area contributed by atoms with Crippen LogP contribution < -0.4 is 10.6 Å². The normalized spacial score (nSPS) is 21.1. The molecule has 8 heteroatoms. The van der Waals surface area contributed by atoms with E-state index in [9.17, 15) is 14.4 Å². The van der Waals surface area contributed by atoms with Crippen molar-refractivity contribution in [2.24, 2.45) is 0 Å². The van der Waals surface area contributed by atoms with Crippen LogP contribution in [0.3, 0.4) is 0 Å². The smallest absolute Gasteiger partial charge is 0.253 e. The lowest BCUT2D eigenvalue weighted by molar-refractivity contribution is -0.115. The molecular formula is C21H23N5O3. The fraction of sp³-hybridized carbons (Fsp3) is 0.429. The molecule has 1 aromatic carbocycles. The summed E-state index contributed by atoms with van der Waals surface area (Å²) in [6.45, 7) is 1.25. The number of carbonyl (C=O) groups excluding carboxylic acids is 3. The van der Waals surface area contributed by atoms with Crippen molar-refractivity contribution in [1.29, 1.82) is 0 Å². The zero-order valence-electron chi connectivity index (χ0n) is 16.1. The van der Waals surface area contributed by atoms with Crippen LogP contribution in [-0.2, 0) is 17.6 Å². The molecule has 2 aromatic rings. The Morgan fingerprint density at radius 1 is 1.17 bits per heavy atom. The van der Waals surface area contributed by atoms with Crippen LogP contribution >= 0.6 is 0 Å². The minimum atomic E-state index is -0.350. The van der Waals surface area contributed by atoms with E-state index < -0.39 is 0 Å². The van der Waals surface area contributed by atoms with Crippen LogP contribution in [0, 0.1) is 0 Å². The highest BCUT2D eigenvalue weighted by atomic mass is 16.2. The Morgan fingerprint density at radius 3 is 2.93 bits per heavy atom. The van der Waals surface area contributed by atoms with E-state index in [1.807, 2.05) is 11.2 Å². The highest BCUT2D eigenvalue weighted by molar-refractivity contribution is 6.10. The van der Waals surface area contributed by atoms with E-state index in [-0.39, 0.29) is 30.3 Å². The van der Waals surface area contributed by atoms with E-state index >= 15 is 0 Å². The number of fused-ring (bicyclic) bond motifs is 2. The first-order valence-electron chi connectivity index (χ1n) is 10.2. The zero-order chi connectivity index (χ0) is 20.0. The van der Waals surface area contributed by atoms with Crippen molar-refractivity contribution in [3.63, 3.8) is 0 Å². The predicted octanol–water partition coefficient (Wildman–Crippen LogP) is 1.53. The van der Waals surface area contributed by atoms with Crippen LogP contribution in [0.25, 0.3) is 0 Å². The molecule has 1 unspecified atom stereocenters. The van der Waals surface area contributed by atoms with Gasteiger partial charge in [-0.15, -0.1) is 0 Å². The van der Waals surface area contributed by atoms with Crippen LogP contribution in [-0.4, -0.2) is 51.8 Å². The summed E-state index contributed by atoms with van der Waals surface area (Å²) in [6, 6.07) is 5.12. The van der Waals surface area contributed by atoms with Crippen molar-refractivity contribution in [1.82, 2.24) is 19.8 Å². The topological polar surface area (TPSA) is 96.3 Å². The number of aryl methyl sites for hydroxylation is 1. The van der Waals surface area contributed by atoms with Gasteiger partial charge in [0.05, 0.1) is 35.9 Å². The van der Waals surface area contributed by atoms with Crippen LogP contribution in [0.5, 0.6) is 0 Å². The standard InChI is InChI=1S/C21H23N5O3/c27-19-10-22-20(28)15-9-13(5-6-16(15)24-19)21(29)25-8-7-14(11-25)26-12-23-17-3-1-2-4-18(17)26/h5-6,9,12,14H,1-4,7-8,10-11H2,(H,22,28)(H,24,27). The molecule has 1 saturated heterocycles. The molecule has 150 valence electrons. The lowest BCUT2D eigenvalue weighted by atomic mass is 10.0. The molecular weight excluding hydrogens is 370 g/mol. The Balaban J connectivity index is 1.35. The number of amides is 3. The predicted molar refractivity (Wildman–Crippen MR) is 106 cm³/mol. The number of anilines is 1. The molecule has 3 aliphatic rings. The first kappa shape index (κ1) is 17.9. The second-order valence-electron chi connectivity index (χ2n) is 7.94. The molecule has 29 heavy (non-hydrogen) atoms. The van der Waals surface area contributed by atoms with Crippen molar-refractivity contribution in [2.75, 3.05) is 25.0 Å². The minimum Gasteiger partial charge on any atom is -0.343 e. The number of imidazole rings is 1. The van der Waals surface area contributed by atoms with Gasteiger partial charge in [-0.1, -0.05) is 0 Å². The summed E-state index contributed by atoms with van der Waals surface area (Å²) in [5.74, 6) is -0.716. The lowest BCUT2D eigenvalue weighted by Gasteiger charge is -2.20. The Labute approximate surface area is 168 Å². The third kappa shape index (κ3) is 3.18. The maximum atomic E-state index is 13.1. The van der Waals surface area contributed by atoms with E-state index in [2.05, 4.69) is 20.2 Å². The quantitative estimate of drug-likeness (QED) is 0.809. The number of likely N-dealkylation sites (tertiary alicyclic amines) is 1. The molecule has 1 aliphatic carbocycles. The zero-order valence-corrected chi connectivity index (χ0v) is 16.1.